The van der Waals surface area contributed by atoms with Crippen LogP contribution in [0, 0.1) is 0 Å². The Kier molecular flexibility index (Phi) is 8.90. The number of aliphatic imine (C=N–C) groups is 1. The van der Waals surface area contributed by atoms with E-state index in [-0.39, 0.29) is 76.2 Å². The van der Waals surface area contributed by atoms with Gasteiger partial charge < -0.3 is 54.4 Å². The predicted octanol–water partition coefficient (Wildman–Crippen LogP) is -1.89. The standard InChI is InChI=1S/C28H27NO11.Na/c1-12(28(35)36)29-24-23-17(33)9-15(31)10-21(23)40-27(25(24)34)14-4-6-18-20(8-14)39-26(22(11-30)38-18)13-3-5-16(32)19(7-13)37-2;/h3-10,12,22,25-27,30-34H,11H2,1-2H3,(H,35,36);/q;+1/p-1. The minimum atomic E-state index is -1.53. The van der Waals surface area contributed by atoms with E-state index in [4.69, 9.17) is 18.9 Å². The fraction of sp³-hybridized carbons (Fsp3) is 0.286. The molecule has 2 heterocycles. The minimum Gasteiger partial charge on any atom is -0.548 e. The van der Waals surface area contributed by atoms with E-state index in [0.717, 1.165) is 6.07 Å². The molecule has 5 atom stereocenters. The Morgan fingerprint density at radius 2 is 1.63 bits per heavy atom. The van der Waals surface area contributed by atoms with Crippen LogP contribution in [0.4, 0.5) is 0 Å². The van der Waals surface area contributed by atoms with Crippen molar-refractivity contribution >= 4 is 11.7 Å². The predicted molar refractivity (Wildman–Crippen MR) is 136 cm³/mol. The van der Waals surface area contributed by atoms with Crippen molar-refractivity contribution in [3.8, 4) is 40.2 Å². The third-order valence-electron chi connectivity index (χ3n) is 6.70. The summed E-state index contributed by atoms with van der Waals surface area (Å²) in [6, 6.07) is 10.2. The van der Waals surface area contributed by atoms with Gasteiger partial charge in [0.05, 0.1) is 37.0 Å². The monoisotopic (exact) mass is 575 g/mol. The molecule has 0 aliphatic carbocycles. The number of aliphatic hydroxyl groups is 2. The molecule has 13 heteroatoms. The number of phenolic OH excluding ortho intramolecular Hbond substituents is 3. The van der Waals surface area contributed by atoms with Gasteiger partial charge in [-0.25, -0.2) is 0 Å². The zero-order chi connectivity index (χ0) is 28.7. The first-order valence-corrected chi connectivity index (χ1v) is 12.3. The van der Waals surface area contributed by atoms with Crippen molar-refractivity contribution < 1.29 is 83.9 Å². The van der Waals surface area contributed by atoms with Crippen LogP contribution in [0.25, 0.3) is 0 Å². The van der Waals surface area contributed by atoms with Gasteiger partial charge in [0, 0.05) is 17.7 Å². The van der Waals surface area contributed by atoms with Gasteiger partial charge in [-0.05, 0) is 36.8 Å². The van der Waals surface area contributed by atoms with Gasteiger partial charge in [-0.3, -0.25) is 4.99 Å². The minimum absolute atomic E-state index is 0. The average molecular weight is 576 g/mol. The number of carboxylic acid groups (broad SMARTS) is 1. The number of aliphatic carboxylic acids is 1. The van der Waals surface area contributed by atoms with Crippen molar-refractivity contribution in [2.75, 3.05) is 13.7 Å². The van der Waals surface area contributed by atoms with Gasteiger partial charge in [0.25, 0.3) is 0 Å². The molecule has 0 radical (unpaired) electrons. The molecular weight excluding hydrogens is 549 g/mol. The molecule has 0 spiro atoms. The van der Waals surface area contributed by atoms with Crippen molar-refractivity contribution in [2.24, 2.45) is 4.99 Å². The van der Waals surface area contributed by atoms with Gasteiger partial charge in [0.2, 0.25) is 0 Å². The summed E-state index contributed by atoms with van der Waals surface area (Å²) in [7, 11) is 1.40. The van der Waals surface area contributed by atoms with Crippen LogP contribution < -0.4 is 53.6 Å². The van der Waals surface area contributed by atoms with Crippen LogP contribution in [0.15, 0.2) is 53.5 Å². The van der Waals surface area contributed by atoms with Gasteiger partial charge in [0.15, 0.2) is 41.3 Å². The first-order chi connectivity index (χ1) is 19.1. The van der Waals surface area contributed by atoms with Crippen molar-refractivity contribution in [3.05, 3.63) is 65.2 Å². The van der Waals surface area contributed by atoms with E-state index in [2.05, 4.69) is 4.99 Å². The second-order valence-corrected chi connectivity index (χ2v) is 9.35. The van der Waals surface area contributed by atoms with E-state index in [0.29, 0.717) is 16.9 Å². The van der Waals surface area contributed by atoms with Crippen LogP contribution in [-0.4, -0.2) is 69.2 Å². The topological polar surface area (TPSA) is 191 Å². The zero-order valence-electron chi connectivity index (χ0n) is 22.3. The van der Waals surface area contributed by atoms with Crippen molar-refractivity contribution in [1.29, 1.82) is 0 Å². The molecule has 0 fully saturated rings. The van der Waals surface area contributed by atoms with Gasteiger partial charge in [0.1, 0.15) is 23.4 Å². The number of carbonyl (C=O) groups excluding carboxylic acids is 1. The number of phenols is 3. The number of carbonyl (C=O) groups is 1. The number of fused-ring (bicyclic) bond motifs is 2. The molecule has 2 aliphatic heterocycles. The molecule has 41 heavy (non-hydrogen) atoms. The maximum absolute atomic E-state index is 11.4. The number of carboxylic acids is 1. The largest absolute Gasteiger partial charge is 1.00 e. The van der Waals surface area contributed by atoms with Crippen molar-refractivity contribution in [2.45, 2.75) is 37.4 Å². The summed E-state index contributed by atoms with van der Waals surface area (Å²) in [5.41, 5.74) is 0.718. The molecule has 0 bridgehead atoms. The molecule has 210 valence electrons. The van der Waals surface area contributed by atoms with Gasteiger partial charge in [-0.1, -0.05) is 12.1 Å². The number of methoxy groups -OCH3 is 1. The quantitative estimate of drug-likeness (QED) is 0.207. The van der Waals surface area contributed by atoms with Crippen LogP contribution in [-0.2, 0) is 4.79 Å². The molecule has 2 aliphatic rings. The van der Waals surface area contributed by atoms with E-state index in [1.165, 1.54) is 26.2 Å². The van der Waals surface area contributed by atoms with Gasteiger partial charge >= 0.3 is 29.6 Å². The van der Waals surface area contributed by atoms with E-state index in [1.807, 2.05) is 0 Å². The second kappa shape index (κ2) is 12.0. The summed E-state index contributed by atoms with van der Waals surface area (Å²) < 4.78 is 23.3. The fourth-order valence-corrected chi connectivity index (χ4v) is 4.70. The molecule has 3 aromatic carbocycles. The summed E-state index contributed by atoms with van der Waals surface area (Å²) in [5, 5.41) is 63.1. The first-order valence-electron chi connectivity index (χ1n) is 12.3. The molecule has 0 saturated carbocycles. The Morgan fingerprint density at radius 1 is 0.951 bits per heavy atom. The van der Waals surface area contributed by atoms with E-state index in [9.17, 15) is 35.4 Å². The summed E-state index contributed by atoms with van der Waals surface area (Å²) in [4.78, 5) is 15.5. The van der Waals surface area contributed by atoms with Crippen LogP contribution >= 0.6 is 0 Å². The number of aliphatic hydroxyl groups excluding tert-OH is 2. The van der Waals surface area contributed by atoms with E-state index >= 15 is 0 Å². The Bertz CT molecular complexity index is 1490. The maximum Gasteiger partial charge on any atom is 1.00 e. The summed E-state index contributed by atoms with van der Waals surface area (Å²) in [6.07, 6.45) is -4.27. The number of hydrogen-bond acceptors (Lipinski definition) is 12. The molecule has 3 aromatic rings. The number of rotatable bonds is 6. The summed E-state index contributed by atoms with van der Waals surface area (Å²) in [5.74, 6) is -1.59. The van der Waals surface area contributed by atoms with Crippen LogP contribution in [0.1, 0.15) is 35.8 Å². The summed E-state index contributed by atoms with van der Waals surface area (Å²) in [6.45, 7) is 0.885. The normalized spacial score (nSPS) is 22.6. The Labute approximate surface area is 256 Å². The van der Waals surface area contributed by atoms with Crippen LogP contribution in [0.2, 0.25) is 0 Å². The van der Waals surface area contributed by atoms with E-state index < -0.39 is 42.2 Å². The smallest absolute Gasteiger partial charge is 0.548 e. The molecular formula is C28H26NNaO11. The number of hydrogen-bond donors (Lipinski definition) is 5. The molecule has 5 N–H and O–H groups in total. The van der Waals surface area contributed by atoms with Gasteiger partial charge in [-0.15, -0.1) is 0 Å². The maximum atomic E-state index is 11.4. The molecule has 0 saturated heterocycles. The number of aromatic hydroxyl groups is 3. The first kappa shape index (κ1) is 30.3. The van der Waals surface area contributed by atoms with Crippen LogP contribution in [0.5, 0.6) is 40.2 Å². The second-order valence-electron chi connectivity index (χ2n) is 9.35. The van der Waals surface area contributed by atoms with E-state index in [1.54, 1.807) is 30.3 Å². The molecule has 0 aromatic heterocycles. The zero-order valence-corrected chi connectivity index (χ0v) is 24.3. The number of benzene rings is 3. The Balaban J connectivity index is 0.00000387. The number of nitrogens with zero attached hydrogens (tertiary/aromatic N) is 1. The summed E-state index contributed by atoms with van der Waals surface area (Å²) >= 11 is 0. The average Bonchev–Trinajstić information content (AvgIpc) is 2.93. The SMILES string of the molecule is COc1cc(C2Oc3cc(C4Oc5cc(O)cc(O)c5C(=NC(C)C(=O)[O-])C4O)ccc3OC2CO)ccc1O.[Na+]. The molecule has 0 amide bonds. The van der Waals surface area contributed by atoms with Crippen LogP contribution in [0.3, 0.4) is 0 Å². The fourth-order valence-electron chi connectivity index (χ4n) is 4.70. The van der Waals surface area contributed by atoms with Crippen molar-refractivity contribution in [1.82, 2.24) is 0 Å². The molecule has 5 unspecified atom stereocenters. The molecule has 5 rings (SSSR count). The molecule has 12 nitrogen and oxygen atoms in total. The third-order valence-corrected chi connectivity index (χ3v) is 6.70. The van der Waals surface area contributed by atoms with Gasteiger partial charge in [-0.2, -0.15) is 0 Å². The third kappa shape index (κ3) is 5.74. The number of ether oxygens (including phenoxy) is 4. The Morgan fingerprint density at radius 3 is 2.32 bits per heavy atom. The Hall–Kier alpha value is -3.68. The van der Waals surface area contributed by atoms with Crippen molar-refractivity contribution in [3.63, 3.8) is 0 Å².